The first kappa shape index (κ1) is 8.11. The molecule has 1 N–H and O–H groups in total. The van der Waals surface area contributed by atoms with Crippen molar-refractivity contribution in [2.45, 2.75) is 26.3 Å². The molecule has 2 aliphatic rings. The van der Waals surface area contributed by atoms with Crippen LogP contribution in [0.25, 0.3) is 0 Å². The van der Waals surface area contributed by atoms with Crippen molar-refractivity contribution in [1.82, 2.24) is 10.2 Å². The van der Waals surface area contributed by atoms with E-state index >= 15 is 0 Å². The lowest BCUT2D eigenvalue weighted by atomic mass is 9.83. The maximum Gasteiger partial charge on any atom is 0.0324 e. The van der Waals surface area contributed by atoms with Crippen molar-refractivity contribution in [2.24, 2.45) is 5.41 Å². The highest BCUT2D eigenvalue weighted by molar-refractivity contribution is 5.16. The van der Waals surface area contributed by atoms with Crippen molar-refractivity contribution in [2.75, 3.05) is 19.6 Å². The minimum Gasteiger partial charge on any atom is -0.372 e. The monoisotopic (exact) mass is 166 g/mol. The van der Waals surface area contributed by atoms with Crippen molar-refractivity contribution < 1.29 is 0 Å². The molecule has 0 aromatic carbocycles. The Balaban J connectivity index is 2.04. The largest absolute Gasteiger partial charge is 0.372 e. The molecule has 1 fully saturated rings. The number of nitrogens with one attached hydrogen (secondary N) is 1. The molecular weight excluding hydrogens is 148 g/mol. The molecule has 2 aliphatic heterocycles. The molecule has 2 rings (SSSR count). The van der Waals surface area contributed by atoms with E-state index in [0.717, 1.165) is 13.1 Å². The van der Waals surface area contributed by atoms with Crippen molar-refractivity contribution in [3.63, 3.8) is 0 Å². The van der Waals surface area contributed by atoms with E-state index in [2.05, 4.69) is 43.3 Å². The van der Waals surface area contributed by atoms with Crippen molar-refractivity contribution in [1.29, 1.82) is 0 Å². The highest BCUT2D eigenvalue weighted by Crippen LogP contribution is 2.34. The second-order valence-corrected chi connectivity index (χ2v) is 5.08. The van der Waals surface area contributed by atoms with Gasteiger partial charge in [-0.1, -0.05) is 6.08 Å². The number of nitrogens with zero attached hydrogens (tertiary/aromatic N) is 1. The minimum atomic E-state index is 0.287. The van der Waals surface area contributed by atoms with Crippen molar-refractivity contribution in [3.8, 4) is 0 Å². The summed E-state index contributed by atoms with van der Waals surface area (Å²) in [6.45, 7) is 10.3. The van der Waals surface area contributed by atoms with Crippen LogP contribution in [0.2, 0.25) is 0 Å². The molecule has 0 radical (unpaired) electrons. The van der Waals surface area contributed by atoms with Gasteiger partial charge in [0, 0.05) is 30.6 Å². The van der Waals surface area contributed by atoms with E-state index in [0.29, 0.717) is 5.41 Å². The van der Waals surface area contributed by atoms with E-state index < -0.39 is 0 Å². The molecule has 2 heterocycles. The summed E-state index contributed by atoms with van der Waals surface area (Å²) in [4.78, 5) is 2.44. The summed E-state index contributed by atoms with van der Waals surface area (Å²) in [7, 11) is 0. The first-order chi connectivity index (χ1) is 5.52. The molecule has 1 spiro atoms. The van der Waals surface area contributed by atoms with E-state index in [1.807, 2.05) is 0 Å². The summed E-state index contributed by atoms with van der Waals surface area (Å²) in [5.41, 5.74) is 0.767. The molecule has 0 amide bonds. The number of rotatable bonds is 0. The van der Waals surface area contributed by atoms with Gasteiger partial charge < -0.3 is 10.2 Å². The molecule has 0 unspecified atom stereocenters. The minimum absolute atomic E-state index is 0.287. The van der Waals surface area contributed by atoms with E-state index in [-0.39, 0.29) is 5.54 Å². The number of hydrogen-bond acceptors (Lipinski definition) is 2. The molecule has 0 atom stereocenters. The Morgan fingerprint density at radius 3 is 2.25 bits per heavy atom. The lowest BCUT2D eigenvalue weighted by Gasteiger charge is -2.42. The predicted molar refractivity (Wildman–Crippen MR) is 50.9 cm³/mol. The highest BCUT2D eigenvalue weighted by Gasteiger charge is 2.41. The number of hydrogen-bond donors (Lipinski definition) is 1. The molecule has 0 aromatic heterocycles. The van der Waals surface area contributed by atoms with Crippen LogP contribution in [0.1, 0.15) is 20.8 Å². The Labute approximate surface area is 74.6 Å². The summed E-state index contributed by atoms with van der Waals surface area (Å²) in [5, 5.41) is 3.34. The van der Waals surface area contributed by atoms with Gasteiger partial charge in [0.05, 0.1) is 0 Å². The molecule has 0 aliphatic carbocycles. The molecule has 0 aromatic rings. The van der Waals surface area contributed by atoms with Crippen molar-refractivity contribution in [3.05, 3.63) is 12.3 Å². The second-order valence-electron chi connectivity index (χ2n) is 5.08. The van der Waals surface area contributed by atoms with Gasteiger partial charge in [0.15, 0.2) is 0 Å². The molecule has 12 heavy (non-hydrogen) atoms. The van der Waals surface area contributed by atoms with Crippen LogP contribution in [-0.2, 0) is 0 Å². The molecular formula is C10H18N2. The zero-order chi connectivity index (χ0) is 8.82. The fourth-order valence-electron chi connectivity index (χ4n) is 1.83. The van der Waals surface area contributed by atoms with E-state index in [1.54, 1.807) is 0 Å². The Hall–Kier alpha value is -0.500. The van der Waals surface area contributed by atoms with Crippen LogP contribution in [-0.4, -0.2) is 30.1 Å². The average molecular weight is 166 g/mol. The Kier molecular flexibility index (Phi) is 1.52. The van der Waals surface area contributed by atoms with Crippen molar-refractivity contribution >= 4 is 0 Å². The highest BCUT2D eigenvalue weighted by atomic mass is 15.2. The third-order valence-electron chi connectivity index (χ3n) is 2.91. The van der Waals surface area contributed by atoms with Crippen LogP contribution < -0.4 is 5.32 Å². The van der Waals surface area contributed by atoms with E-state index in [9.17, 15) is 0 Å². The maximum absolute atomic E-state index is 3.34. The van der Waals surface area contributed by atoms with Crippen LogP contribution in [0.3, 0.4) is 0 Å². The standard InChI is InChI=1S/C10H18N2/c1-9(2,3)12-5-4-10(8-12)6-11-7-10/h4-5,11H,6-8H2,1-3H3. The topological polar surface area (TPSA) is 15.3 Å². The molecule has 1 saturated heterocycles. The maximum atomic E-state index is 3.34. The van der Waals surface area contributed by atoms with Crippen LogP contribution >= 0.6 is 0 Å². The van der Waals surface area contributed by atoms with E-state index in [1.165, 1.54) is 6.54 Å². The van der Waals surface area contributed by atoms with Gasteiger partial charge in [-0.05, 0) is 27.0 Å². The third-order valence-corrected chi connectivity index (χ3v) is 2.91. The van der Waals surface area contributed by atoms with Gasteiger partial charge in [0.2, 0.25) is 0 Å². The van der Waals surface area contributed by atoms with Crippen LogP contribution in [0.4, 0.5) is 0 Å². The zero-order valence-electron chi connectivity index (χ0n) is 8.22. The van der Waals surface area contributed by atoms with Gasteiger partial charge in [-0.2, -0.15) is 0 Å². The third kappa shape index (κ3) is 1.14. The lowest BCUT2D eigenvalue weighted by Crippen LogP contribution is -2.56. The lowest BCUT2D eigenvalue weighted by molar-refractivity contribution is 0.136. The van der Waals surface area contributed by atoms with Gasteiger partial charge in [0.25, 0.3) is 0 Å². The molecule has 0 bridgehead atoms. The summed E-state index contributed by atoms with van der Waals surface area (Å²) >= 11 is 0. The molecule has 68 valence electrons. The second kappa shape index (κ2) is 2.25. The SMILES string of the molecule is CC(C)(C)N1C=CC2(CNC2)C1. The quantitative estimate of drug-likeness (QED) is 0.582. The Morgan fingerprint density at radius 1 is 1.33 bits per heavy atom. The normalized spacial score (nSPS) is 26.4. The van der Waals surface area contributed by atoms with Gasteiger partial charge in [-0.15, -0.1) is 0 Å². The summed E-state index contributed by atoms with van der Waals surface area (Å²) < 4.78 is 0. The molecule has 2 heteroatoms. The Morgan fingerprint density at radius 2 is 2.00 bits per heavy atom. The van der Waals surface area contributed by atoms with Gasteiger partial charge >= 0.3 is 0 Å². The zero-order valence-corrected chi connectivity index (χ0v) is 8.22. The average Bonchev–Trinajstić information content (AvgIpc) is 2.26. The van der Waals surface area contributed by atoms with Crippen LogP contribution in [0, 0.1) is 5.41 Å². The summed E-state index contributed by atoms with van der Waals surface area (Å²) in [6, 6.07) is 0. The van der Waals surface area contributed by atoms with Gasteiger partial charge in [-0.25, -0.2) is 0 Å². The first-order valence-corrected chi connectivity index (χ1v) is 4.69. The Bertz CT molecular complexity index is 208. The fourth-order valence-corrected chi connectivity index (χ4v) is 1.83. The van der Waals surface area contributed by atoms with E-state index in [4.69, 9.17) is 0 Å². The van der Waals surface area contributed by atoms with Gasteiger partial charge in [0.1, 0.15) is 0 Å². The first-order valence-electron chi connectivity index (χ1n) is 4.69. The predicted octanol–water partition coefficient (Wildman–Crippen LogP) is 1.20. The summed E-state index contributed by atoms with van der Waals surface area (Å²) in [6.07, 6.45) is 4.63. The smallest absolute Gasteiger partial charge is 0.0324 e. The molecule has 0 saturated carbocycles. The molecule has 2 nitrogen and oxygen atoms in total. The summed E-state index contributed by atoms with van der Waals surface area (Å²) in [5.74, 6) is 0. The van der Waals surface area contributed by atoms with Crippen LogP contribution in [0.5, 0.6) is 0 Å². The fraction of sp³-hybridized carbons (Fsp3) is 0.800. The van der Waals surface area contributed by atoms with Crippen LogP contribution in [0.15, 0.2) is 12.3 Å². The van der Waals surface area contributed by atoms with Gasteiger partial charge in [-0.3, -0.25) is 0 Å².